The van der Waals surface area contributed by atoms with Crippen molar-refractivity contribution in [3.8, 4) is 5.75 Å². The van der Waals surface area contributed by atoms with Crippen molar-refractivity contribution in [3.05, 3.63) is 80.4 Å². The Kier molecular flexibility index (Phi) is 6.33. The first-order chi connectivity index (χ1) is 12.6. The number of hydrogen-bond acceptors (Lipinski definition) is 4. The fraction of sp³-hybridized carbons (Fsp3) is 0.250. The van der Waals surface area contributed by atoms with Crippen LogP contribution in [0.25, 0.3) is 5.52 Å². The number of benzene rings is 1. The van der Waals surface area contributed by atoms with Crippen LogP contribution in [-0.2, 0) is 6.54 Å². The summed E-state index contributed by atoms with van der Waals surface area (Å²) in [6.45, 7) is 5.15. The number of ketones is 1. The molecule has 1 aromatic carbocycles. The van der Waals surface area contributed by atoms with Crippen molar-refractivity contribution in [2.24, 2.45) is 5.41 Å². The molecule has 6 nitrogen and oxygen atoms in total. The first-order valence-electron chi connectivity index (χ1n) is 8.36. The van der Waals surface area contributed by atoms with Crippen molar-refractivity contribution in [3.63, 3.8) is 0 Å². The number of carbonyl (C=O) groups excluding carboxylic acids is 1. The quantitative estimate of drug-likeness (QED) is 0.547. The predicted molar refractivity (Wildman–Crippen MR) is 105 cm³/mol. The van der Waals surface area contributed by atoms with Crippen LogP contribution in [-0.4, -0.2) is 49.4 Å². The molecule has 0 aliphatic carbocycles. The fourth-order valence-electron chi connectivity index (χ4n) is 2.78. The van der Waals surface area contributed by atoms with Gasteiger partial charge < -0.3 is 14.1 Å². The van der Waals surface area contributed by atoms with E-state index >= 15 is 0 Å². The molecule has 0 spiro atoms. The monoisotopic (exact) mass is 393 g/mol. The molecule has 1 radical (unpaired) electrons. The number of aromatic nitrogens is 2. The second-order valence-electron chi connectivity index (χ2n) is 7.41. The zero-order valence-corrected chi connectivity index (χ0v) is 18.2. The summed E-state index contributed by atoms with van der Waals surface area (Å²) in [6.07, 6.45) is 4.24. The van der Waals surface area contributed by atoms with Gasteiger partial charge in [-0.3, -0.25) is 14.4 Å². The molecule has 1 N–H and O–H groups in total. The van der Waals surface area contributed by atoms with E-state index in [0.29, 0.717) is 5.56 Å². The van der Waals surface area contributed by atoms with Gasteiger partial charge in [-0.1, -0.05) is 32.9 Å². The van der Waals surface area contributed by atoms with Gasteiger partial charge in [-0.05, 0) is 17.7 Å². The smallest absolute Gasteiger partial charge is 0.279 e. The number of rotatable bonds is 3. The largest absolute Gasteiger partial charge is 0.503 e. The van der Waals surface area contributed by atoms with Crippen molar-refractivity contribution >= 4 is 40.9 Å². The van der Waals surface area contributed by atoms with Crippen LogP contribution in [0.3, 0.4) is 0 Å². The van der Waals surface area contributed by atoms with Crippen molar-refractivity contribution in [1.29, 1.82) is 0 Å². The average Bonchev–Trinajstić information content (AvgIpc) is 2.60. The Morgan fingerprint density at radius 3 is 2.29 bits per heavy atom. The maximum atomic E-state index is 13.0. The summed E-state index contributed by atoms with van der Waals surface area (Å²) in [7, 11) is 0. The maximum absolute atomic E-state index is 13.0. The van der Waals surface area contributed by atoms with Crippen molar-refractivity contribution in [2.75, 3.05) is 0 Å². The third-order valence-corrected chi connectivity index (χ3v) is 4.27. The summed E-state index contributed by atoms with van der Waals surface area (Å²) in [5.74, 6) is -1.57. The van der Waals surface area contributed by atoms with Crippen LogP contribution >= 0.6 is 0 Å². The molecule has 0 amide bonds. The number of halogens is 1. The predicted octanol–water partition coefficient (Wildman–Crippen LogP) is 2.20. The molecule has 2 heterocycles. The number of fused-ring (bicyclic) bond motifs is 1. The Bertz CT molecular complexity index is 1160. The molecule has 0 fully saturated rings. The summed E-state index contributed by atoms with van der Waals surface area (Å²) in [4.78, 5) is 37.7. The first kappa shape index (κ1) is 22.1. The molecule has 0 aliphatic rings. The van der Waals surface area contributed by atoms with Gasteiger partial charge in [0, 0.05) is 53.6 Å². The molecule has 2 aromatic heterocycles. The molecule has 0 unspecified atom stereocenters. The Morgan fingerprint density at radius 1 is 1.11 bits per heavy atom. The van der Waals surface area contributed by atoms with E-state index < -0.39 is 27.9 Å². The molecule has 0 saturated heterocycles. The van der Waals surface area contributed by atoms with Crippen LogP contribution in [0.2, 0.25) is 0 Å². The van der Waals surface area contributed by atoms with Crippen molar-refractivity contribution in [1.82, 2.24) is 8.97 Å². The molecule has 0 atom stereocenters. The third-order valence-electron chi connectivity index (χ3n) is 4.27. The SMILES string of the molecule is CC(C)(C)C(=O)c1cn2ccn(Cc3ccc(F)cc3)c(=O)c2c(O)c1=O.[Na]. The van der Waals surface area contributed by atoms with Crippen LogP contribution < -0.4 is 11.0 Å². The third kappa shape index (κ3) is 4.11. The molecule has 3 rings (SSSR count). The number of carbonyl (C=O) groups is 1. The minimum atomic E-state index is -0.869. The van der Waals surface area contributed by atoms with E-state index in [2.05, 4.69) is 0 Å². The van der Waals surface area contributed by atoms with Crippen LogP contribution in [0.15, 0.2) is 52.4 Å². The van der Waals surface area contributed by atoms with Gasteiger partial charge in [0.25, 0.3) is 5.56 Å². The number of Topliss-reactive ketones (excluding diaryl/α,β-unsaturated/α-hetero) is 1. The fourth-order valence-corrected chi connectivity index (χ4v) is 2.78. The van der Waals surface area contributed by atoms with Gasteiger partial charge in [-0.2, -0.15) is 0 Å². The van der Waals surface area contributed by atoms with Gasteiger partial charge in [0.2, 0.25) is 5.43 Å². The van der Waals surface area contributed by atoms with Crippen LogP contribution in [0, 0.1) is 11.2 Å². The van der Waals surface area contributed by atoms with Gasteiger partial charge in [0.1, 0.15) is 5.82 Å². The average molecular weight is 393 g/mol. The van der Waals surface area contributed by atoms with E-state index in [1.54, 1.807) is 32.9 Å². The topological polar surface area (TPSA) is 80.8 Å². The number of nitrogens with zero attached hydrogens (tertiary/aromatic N) is 2. The molecule has 0 bridgehead atoms. The molecular formula is C20H19FN2NaO4. The zero-order chi connectivity index (χ0) is 19.9. The van der Waals surface area contributed by atoms with E-state index in [4.69, 9.17) is 0 Å². The maximum Gasteiger partial charge on any atom is 0.279 e. The van der Waals surface area contributed by atoms with Gasteiger partial charge in [0.15, 0.2) is 17.0 Å². The minimum absolute atomic E-state index is 0. The number of aromatic hydroxyl groups is 1. The van der Waals surface area contributed by atoms with E-state index in [1.807, 2.05) is 0 Å². The molecule has 28 heavy (non-hydrogen) atoms. The van der Waals surface area contributed by atoms with E-state index in [0.717, 1.165) is 0 Å². The van der Waals surface area contributed by atoms with Crippen molar-refractivity contribution in [2.45, 2.75) is 27.3 Å². The van der Waals surface area contributed by atoms with Crippen molar-refractivity contribution < 1.29 is 14.3 Å². The second kappa shape index (κ2) is 8.03. The van der Waals surface area contributed by atoms with Crippen LogP contribution in [0.4, 0.5) is 4.39 Å². The summed E-state index contributed by atoms with van der Waals surface area (Å²) in [5, 5.41) is 10.3. The van der Waals surface area contributed by atoms with E-state index in [-0.39, 0.29) is 53.0 Å². The Hall–Kier alpha value is -2.22. The summed E-state index contributed by atoms with van der Waals surface area (Å²) in [5.41, 5.74) is -1.97. The zero-order valence-electron chi connectivity index (χ0n) is 16.2. The molecule has 0 aliphatic heterocycles. The second-order valence-corrected chi connectivity index (χ2v) is 7.41. The van der Waals surface area contributed by atoms with Gasteiger partial charge in [-0.25, -0.2) is 4.39 Å². The summed E-state index contributed by atoms with van der Waals surface area (Å²) >= 11 is 0. The van der Waals surface area contributed by atoms with E-state index in [9.17, 15) is 23.9 Å². The molecule has 3 aromatic rings. The Balaban J connectivity index is 0.00000280. The molecule has 141 valence electrons. The minimum Gasteiger partial charge on any atom is -0.503 e. The van der Waals surface area contributed by atoms with Gasteiger partial charge in [0.05, 0.1) is 12.1 Å². The first-order valence-corrected chi connectivity index (χ1v) is 8.36. The summed E-state index contributed by atoms with van der Waals surface area (Å²) in [6, 6.07) is 5.66. The number of hydrogen-bond donors (Lipinski definition) is 1. The van der Waals surface area contributed by atoms with Gasteiger partial charge in [-0.15, -0.1) is 0 Å². The van der Waals surface area contributed by atoms with Crippen LogP contribution in [0.5, 0.6) is 5.75 Å². The molecule has 8 heteroatoms. The van der Waals surface area contributed by atoms with E-state index in [1.165, 1.54) is 39.7 Å². The molecule has 0 saturated carbocycles. The normalized spacial score (nSPS) is 11.3. The Morgan fingerprint density at radius 2 is 1.71 bits per heavy atom. The van der Waals surface area contributed by atoms with Crippen LogP contribution in [0.1, 0.15) is 36.7 Å². The van der Waals surface area contributed by atoms with Gasteiger partial charge >= 0.3 is 0 Å². The summed E-state index contributed by atoms with van der Waals surface area (Å²) < 4.78 is 15.6. The standard InChI is InChI=1S/C20H19FN2O4.Na/c1-20(2,3)18(26)14-11-22-8-9-23(10-12-4-6-13(21)7-5-12)19(27)15(22)17(25)16(14)24;/h4-9,11,25H,10H2,1-3H3;. The Labute approximate surface area is 182 Å². The molecular weight excluding hydrogens is 374 g/mol. The number of pyridine rings is 1.